The van der Waals surface area contributed by atoms with Crippen molar-refractivity contribution in [3.8, 4) is 22.3 Å². The molecule has 0 amide bonds. The standard InChI is InChI=1S/C22H20ClF/c1-22(2,3)17-11-9-16(10-12-17)20-14-18(23)13-19(21(20)24)15-7-5-4-6-8-15/h4-14H,1-3H3. The van der Waals surface area contributed by atoms with Crippen LogP contribution in [0.15, 0.2) is 66.7 Å². The van der Waals surface area contributed by atoms with E-state index in [0.717, 1.165) is 11.1 Å². The van der Waals surface area contributed by atoms with Gasteiger partial charge in [0, 0.05) is 16.1 Å². The van der Waals surface area contributed by atoms with E-state index in [1.807, 2.05) is 42.5 Å². The molecule has 0 bridgehead atoms. The number of rotatable bonds is 2. The van der Waals surface area contributed by atoms with Crippen molar-refractivity contribution in [3.05, 3.63) is 83.1 Å². The third kappa shape index (κ3) is 3.37. The molecule has 0 radical (unpaired) electrons. The van der Waals surface area contributed by atoms with Gasteiger partial charge in [-0.15, -0.1) is 0 Å². The number of halogens is 2. The van der Waals surface area contributed by atoms with Crippen LogP contribution in [0.2, 0.25) is 5.02 Å². The molecule has 0 aliphatic heterocycles. The average Bonchev–Trinajstić information content (AvgIpc) is 2.57. The van der Waals surface area contributed by atoms with E-state index in [1.165, 1.54) is 5.56 Å². The van der Waals surface area contributed by atoms with Gasteiger partial charge in [-0.2, -0.15) is 0 Å². The Labute approximate surface area is 147 Å². The highest BCUT2D eigenvalue weighted by Gasteiger charge is 2.16. The van der Waals surface area contributed by atoms with Crippen molar-refractivity contribution in [2.24, 2.45) is 0 Å². The Morgan fingerprint density at radius 3 is 1.75 bits per heavy atom. The van der Waals surface area contributed by atoms with Gasteiger partial charge in [0.25, 0.3) is 0 Å². The maximum Gasteiger partial charge on any atom is 0.138 e. The van der Waals surface area contributed by atoms with Crippen LogP contribution >= 0.6 is 11.6 Å². The summed E-state index contributed by atoms with van der Waals surface area (Å²) in [6.45, 7) is 6.49. The van der Waals surface area contributed by atoms with Crippen LogP contribution in [0.25, 0.3) is 22.3 Å². The molecular weight excluding hydrogens is 319 g/mol. The molecule has 0 unspecified atom stereocenters. The normalized spacial score (nSPS) is 11.5. The van der Waals surface area contributed by atoms with E-state index in [1.54, 1.807) is 12.1 Å². The van der Waals surface area contributed by atoms with Crippen molar-refractivity contribution in [2.45, 2.75) is 26.2 Å². The molecule has 24 heavy (non-hydrogen) atoms. The minimum absolute atomic E-state index is 0.0700. The van der Waals surface area contributed by atoms with Crippen LogP contribution in [-0.2, 0) is 5.41 Å². The summed E-state index contributed by atoms with van der Waals surface area (Å²) in [5.74, 6) is -0.242. The smallest absolute Gasteiger partial charge is 0.138 e. The third-order valence-corrected chi connectivity index (χ3v) is 4.40. The van der Waals surface area contributed by atoms with E-state index in [2.05, 4.69) is 32.9 Å². The second kappa shape index (κ2) is 6.41. The predicted molar refractivity (Wildman–Crippen MR) is 101 cm³/mol. The van der Waals surface area contributed by atoms with Crippen LogP contribution in [-0.4, -0.2) is 0 Å². The highest BCUT2D eigenvalue weighted by molar-refractivity contribution is 6.31. The lowest BCUT2D eigenvalue weighted by atomic mass is 9.86. The first-order chi connectivity index (χ1) is 11.4. The minimum Gasteiger partial charge on any atom is -0.206 e. The van der Waals surface area contributed by atoms with E-state index in [0.29, 0.717) is 16.1 Å². The Morgan fingerprint density at radius 2 is 1.25 bits per heavy atom. The van der Waals surface area contributed by atoms with Crippen molar-refractivity contribution in [2.75, 3.05) is 0 Å². The molecule has 0 aliphatic carbocycles. The predicted octanol–water partition coefficient (Wildman–Crippen LogP) is 7.11. The quantitative estimate of drug-likeness (QED) is 0.467. The summed E-state index contributed by atoms with van der Waals surface area (Å²) in [6, 6.07) is 20.9. The molecule has 3 aromatic carbocycles. The maximum absolute atomic E-state index is 15.1. The Bertz CT molecular complexity index is 844. The third-order valence-electron chi connectivity index (χ3n) is 4.18. The fourth-order valence-corrected chi connectivity index (χ4v) is 3.00. The zero-order valence-corrected chi connectivity index (χ0v) is 14.9. The van der Waals surface area contributed by atoms with Gasteiger partial charge in [0.2, 0.25) is 0 Å². The van der Waals surface area contributed by atoms with E-state index in [9.17, 15) is 0 Å². The molecule has 2 heteroatoms. The Balaban J connectivity index is 2.11. The van der Waals surface area contributed by atoms with E-state index < -0.39 is 0 Å². The topological polar surface area (TPSA) is 0 Å². The first-order valence-electron chi connectivity index (χ1n) is 8.01. The molecule has 0 atom stereocenters. The molecule has 3 rings (SSSR count). The van der Waals surface area contributed by atoms with Crippen molar-refractivity contribution < 1.29 is 4.39 Å². The van der Waals surface area contributed by atoms with Crippen LogP contribution in [0.4, 0.5) is 4.39 Å². The van der Waals surface area contributed by atoms with Gasteiger partial charge in [0.15, 0.2) is 0 Å². The zero-order chi connectivity index (χ0) is 17.3. The first-order valence-corrected chi connectivity index (χ1v) is 8.39. The highest BCUT2D eigenvalue weighted by Crippen LogP contribution is 2.35. The summed E-state index contributed by atoms with van der Waals surface area (Å²) in [6.07, 6.45) is 0. The summed E-state index contributed by atoms with van der Waals surface area (Å²) in [5, 5.41) is 0.533. The van der Waals surface area contributed by atoms with Gasteiger partial charge in [-0.05, 0) is 34.2 Å². The summed E-state index contributed by atoms with van der Waals surface area (Å²) in [7, 11) is 0. The Hall–Kier alpha value is -2.12. The highest BCUT2D eigenvalue weighted by atomic mass is 35.5. The van der Waals surface area contributed by atoms with Crippen LogP contribution in [0, 0.1) is 5.82 Å². The summed E-state index contributed by atoms with van der Waals surface area (Å²) < 4.78 is 15.1. The van der Waals surface area contributed by atoms with Gasteiger partial charge in [-0.3, -0.25) is 0 Å². The van der Waals surface area contributed by atoms with Crippen molar-refractivity contribution in [1.29, 1.82) is 0 Å². The van der Waals surface area contributed by atoms with Gasteiger partial charge in [-0.25, -0.2) is 4.39 Å². The van der Waals surface area contributed by atoms with Crippen LogP contribution in [0.3, 0.4) is 0 Å². The van der Waals surface area contributed by atoms with Gasteiger partial charge >= 0.3 is 0 Å². The van der Waals surface area contributed by atoms with Gasteiger partial charge in [0.05, 0.1) is 0 Å². The molecule has 0 aromatic heterocycles. The lowest BCUT2D eigenvalue weighted by Crippen LogP contribution is -2.10. The van der Waals surface area contributed by atoms with E-state index in [-0.39, 0.29) is 11.2 Å². The first kappa shape index (κ1) is 16.7. The fraction of sp³-hybridized carbons (Fsp3) is 0.182. The maximum atomic E-state index is 15.1. The molecule has 0 spiro atoms. The van der Waals surface area contributed by atoms with Crippen molar-refractivity contribution in [1.82, 2.24) is 0 Å². The molecule has 3 aromatic rings. The van der Waals surface area contributed by atoms with Gasteiger partial charge < -0.3 is 0 Å². The number of hydrogen-bond acceptors (Lipinski definition) is 0. The van der Waals surface area contributed by atoms with Crippen LogP contribution < -0.4 is 0 Å². The Morgan fingerprint density at radius 1 is 0.750 bits per heavy atom. The average molecular weight is 339 g/mol. The lowest BCUT2D eigenvalue weighted by Gasteiger charge is -2.19. The molecule has 0 nitrogen and oxygen atoms in total. The second-order valence-corrected chi connectivity index (χ2v) is 7.44. The summed E-state index contributed by atoms with van der Waals surface area (Å²) >= 11 is 6.26. The minimum atomic E-state index is -0.242. The molecular formula is C22H20ClF. The number of hydrogen-bond donors (Lipinski definition) is 0. The Kier molecular flexibility index (Phi) is 4.47. The van der Waals surface area contributed by atoms with Gasteiger partial charge in [-0.1, -0.05) is 87.0 Å². The molecule has 122 valence electrons. The number of benzene rings is 3. The molecule has 0 heterocycles. The second-order valence-electron chi connectivity index (χ2n) is 7.01. The molecule has 0 saturated carbocycles. The van der Waals surface area contributed by atoms with Crippen LogP contribution in [0.5, 0.6) is 0 Å². The molecule has 0 aliphatic rings. The lowest BCUT2D eigenvalue weighted by molar-refractivity contribution is 0.590. The SMILES string of the molecule is CC(C)(C)c1ccc(-c2cc(Cl)cc(-c3ccccc3)c2F)cc1. The fourth-order valence-electron chi connectivity index (χ4n) is 2.78. The molecule has 0 fully saturated rings. The largest absolute Gasteiger partial charge is 0.206 e. The van der Waals surface area contributed by atoms with Crippen molar-refractivity contribution >= 4 is 11.6 Å². The zero-order valence-electron chi connectivity index (χ0n) is 14.1. The van der Waals surface area contributed by atoms with E-state index in [4.69, 9.17) is 11.6 Å². The summed E-state index contributed by atoms with van der Waals surface area (Å²) in [4.78, 5) is 0. The molecule has 0 saturated heterocycles. The van der Waals surface area contributed by atoms with E-state index >= 15 is 4.39 Å². The molecule has 0 N–H and O–H groups in total. The summed E-state index contributed by atoms with van der Waals surface area (Å²) in [5.41, 5.74) is 4.00. The van der Waals surface area contributed by atoms with Gasteiger partial charge in [0.1, 0.15) is 5.82 Å². The monoisotopic (exact) mass is 338 g/mol. The van der Waals surface area contributed by atoms with Crippen molar-refractivity contribution in [3.63, 3.8) is 0 Å². The van der Waals surface area contributed by atoms with Crippen LogP contribution in [0.1, 0.15) is 26.3 Å².